The Morgan fingerprint density at radius 2 is 0.847 bits per heavy atom. The van der Waals surface area contributed by atoms with Crippen LogP contribution in [-0.4, -0.2) is 251 Å². The van der Waals surface area contributed by atoms with E-state index in [2.05, 4.69) is 84.1 Å². The molecule has 1 heterocycles. The molecule has 14 atom stereocenters. The van der Waals surface area contributed by atoms with Gasteiger partial charge in [0.1, 0.15) is 72.5 Å². The van der Waals surface area contributed by atoms with Crippen molar-refractivity contribution in [3.05, 3.63) is 35.9 Å². The van der Waals surface area contributed by atoms with Crippen molar-refractivity contribution in [3.8, 4) is 0 Å². The van der Waals surface area contributed by atoms with Crippen molar-refractivity contribution in [3.63, 3.8) is 0 Å². The molecule has 1 saturated heterocycles. The van der Waals surface area contributed by atoms with Crippen LogP contribution in [0, 0.1) is 29.6 Å². The maximum Gasteiger partial charge on any atom is 0.325 e. The van der Waals surface area contributed by atoms with Crippen LogP contribution in [0.2, 0.25) is 0 Å². The van der Waals surface area contributed by atoms with Crippen molar-refractivity contribution in [1.82, 2.24) is 74.0 Å². The van der Waals surface area contributed by atoms with E-state index in [0.717, 1.165) is 0 Å². The number of amides is 15. The van der Waals surface area contributed by atoms with Crippen LogP contribution in [0.15, 0.2) is 45.3 Å². The summed E-state index contributed by atoms with van der Waals surface area (Å²) in [6.45, 7) is 15.7. The van der Waals surface area contributed by atoms with Crippen LogP contribution >= 0.6 is 0 Å². The van der Waals surface area contributed by atoms with E-state index in [4.69, 9.17) is 45.9 Å². The maximum absolute atomic E-state index is 14.7. The molecule has 0 unspecified atom stereocenters. The normalized spacial score (nSPS) is 15.7. The lowest BCUT2D eigenvalue weighted by atomic mass is 9.97. The molecule has 2 rings (SSSR count). The molecule has 1 aromatic carbocycles. The molecule has 1 aliphatic rings. The van der Waals surface area contributed by atoms with Gasteiger partial charge in [-0.25, -0.2) is 0 Å². The average Bonchev–Trinajstić information content (AvgIpc) is 1.61. The fraction of sp³-hybridized carbons (Fsp3) is 0.649. The van der Waals surface area contributed by atoms with E-state index in [9.17, 15) is 91.7 Å². The third-order valence-corrected chi connectivity index (χ3v) is 19.0. The third-order valence-electron chi connectivity index (χ3n) is 19.0. The first-order chi connectivity index (χ1) is 55.3. The van der Waals surface area contributed by atoms with Gasteiger partial charge in [-0.05, 0) is 99.9 Å². The van der Waals surface area contributed by atoms with Crippen LogP contribution < -0.4 is 115 Å². The number of rotatable bonds is 53. The predicted molar refractivity (Wildman–Crippen MR) is 433 cm³/mol. The minimum absolute atomic E-state index is 0.00790. The predicted octanol–water partition coefficient (Wildman–Crippen LogP) is -7.21. The number of nitrogens with one attached hydrogen (secondary N) is 13. The molecule has 0 saturated carbocycles. The highest BCUT2D eigenvalue weighted by Crippen LogP contribution is 2.22. The van der Waals surface area contributed by atoms with Gasteiger partial charge in [0.15, 0.2) is 17.9 Å². The highest BCUT2D eigenvalue weighted by molar-refractivity contribution is 6.01. The summed E-state index contributed by atoms with van der Waals surface area (Å²) in [6, 6.07) is -9.94. The Morgan fingerprint density at radius 1 is 0.449 bits per heavy atom. The van der Waals surface area contributed by atoms with Crippen molar-refractivity contribution in [2.24, 2.45) is 90.4 Å². The molecular formula is C74H125N25O19. The number of carbonyl (C=O) groups is 17. The molecule has 0 aliphatic carbocycles. The Bertz CT molecular complexity index is 3700. The Hall–Kier alpha value is -12.0. The minimum atomic E-state index is -2.05. The quantitative estimate of drug-likeness (QED) is 0.0164. The number of carboxylic acid groups (broad SMARTS) is 2. The van der Waals surface area contributed by atoms with Gasteiger partial charge in [-0.1, -0.05) is 106 Å². The summed E-state index contributed by atoms with van der Waals surface area (Å²) in [5.41, 5.74) is 45.6. The SMILES string of the molecule is CC[C@H](C)[C@H](NC(=O)CNC(=O)[C@H](CCCN=C(N)N)NC(=O)[C@H](Cc1ccccc1)NC(=O)[C@@H](N)C(C)C)C(=O)N[C@@H](CCC(N)=O)C(=O)N[C@@H](CC(=O)O)C(=O)N[C@H](C(=O)N[C@@H](CCCN=C(N)N)C(=O)N[C@@H](CCCN=C(N)N)C(=O)N[C@H](C(=O)N1CCC[C@H]1C(=O)NCC(=O)N[C@H](C(=O)N[C@@H](C)C(=O)O)C(C)C)C(C)C)C(C)C. The third kappa shape index (κ3) is 37.3. The second-order valence-electron chi connectivity index (χ2n) is 30.2. The second kappa shape index (κ2) is 51.8. The van der Waals surface area contributed by atoms with Gasteiger partial charge in [0.25, 0.3) is 0 Å². The molecule has 1 aliphatic heterocycles. The van der Waals surface area contributed by atoms with E-state index >= 15 is 0 Å². The molecule has 0 aromatic heterocycles. The first-order valence-electron chi connectivity index (χ1n) is 39.2. The molecule has 0 radical (unpaired) electrons. The van der Waals surface area contributed by atoms with E-state index in [1.54, 1.807) is 85.7 Å². The number of likely N-dealkylation sites (tertiary alicyclic amines) is 1. The number of carbonyl (C=O) groups excluding carboxylic acids is 15. The van der Waals surface area contributed by atoms with E-state index < -0.39 is 235 Å². The van der Waals surface area contributed by atoms with E-state index in [1.807, 2.05) is 0 Å². The molecule has 118 heavy (non-hydrogen) atoms. The molecule has 0 spiro atoms. The lowest BCUT2D eigenvalue weighted by Gasteiger charge is -2.32. The number of nitrogens with two attached hydrogens (primary N) is 8. The summed E-state index contributed by atoms with van der Waals surface area (Å²) < 4.78 is 0. The topological polar surface area (TPSA) is 736 Å². The molecule has 31 N–H and O–H groups in total. The number of hydrogen-bond donors (Lipinski definition) is 23. The fourth-order valence-corrected chi connectivity index (χ4v) is 11.9. The van der Waals surface area contributed by atoms with E-state index in [1.165, 1.54) is 25.7 Å². The smallest absolute Gasteiger partial charge is 0.325 e. The molecular weight excluding hydrogens is 1540 g/mol. The van der Waals surface area contributed by atoms with Crippen LogP contribution in [0.4, 0.5) is 0 Å². The van der Waals surface area contributed by atoms with Crippen molar-refractivity contribution in [2.75, 3.05) is 39.3 Å². The summed E-state index contributed by atoms with van der Waals surface area (Å²) in [7, 11) is 0. The number of aliphatic imine (C=N–C) groups is 3. The summed E-state index contributed by atoms with van der Waals surface area (Å²) in [5, 5.41) is 51.9. The molecule has 660 valence electrons. The Kier molecular flexibility index (Phi) is 44.8. The van der Waals surface area contributed by atoms with Crippen LogP contribution in [0.25, 0.3) is 0 Å². The van der Waals surface area contributed by atoms with Gasteiger partial charge < -0.3 is 130 Å². The zero-order valence-electron chi connectivity index (χ0n) is 69.0. The molecule has 44 heteroatoms. The second-order valence-corrected chi connectivity index (χ2v) is 30.2. The standard InChI is InChI=1S/C74H125N25O19/c1-12-40(10)58(96-52(102)34-86-59(105)43(22-16-28-83-72(77)78)89-63(109)47(32-42-20-14-13-15-21-42)94-66(112)54(76)36(2)3)69(115)92-46(26-27-50(75)100)61(107)93-48(33-53(103)104)64(110)97-56(38(6)7)68(114)91-44(23-17-29-84-73(79)80)60(106)90-45(24-18-30-85-74(81)82)62(108)98-57(39(8)9)70(116)99-31-19-25-49(99)65(111)87-35-51(101)95-55(37(4)5)67(113)88-41(11)71(117)118/h13-15,20-21,36-41,43-49,54-58H,12,16-19,22-35,76H2,1-11H3,(H2,75,100)(H,86,105)(H,87,111)(H,88,113)(H,89,109)(H,90,106)(H,91,114)(H,92,115)(H,93,107)(H,94,112)(H,95,101)(H,96,102)(H,97,110)(H,98,108)(H,103,104)(H,117,118)(H4,77,78,83)(H4,79,80,84)(H4,81,82,85)/t40-,41-,43-,44-,45-,46-,47-,48-,49-,54-,55-,56-,57-,58-/m0/s1. The summed E-state index contributed by atoms with van der Waals surface area (Å²) in [4.78, 5) is 245. The zero-order chi connectivity index (χ0) is 89.4. The first kappa shape index (κ1) is 102. The monoisotopic (exact) mass is 1670 g/mol. The molecule has 0 bridgehead atoms. The van der Waals surface area contributed by atoms with Crippen LogP contribution in [0.5, 0.6) is 0 Å². The Labute approximate surface area is 685 Å². The van der Waals surface area contributed by atoms with E-state index in [0.29, 0.717) is 12.0 Å². The van der Waals surface area contributed by atoms with Crippen molar-refractivity contribution >= 4 is 118 Å². The van der Waals surface area contributed by atoms with Crippen LogP contribution in [0.1, 0.15) is 159 Å². The zero-order valence-corrected chi connectivity index (χ0v) is 69.0. The van der Waals surface area contributed by atoms with E-state index in [-0.39, 0.29) is 108 Å². The Morgan fingerprint density at radius 3 is 1.31 bits per heavy atom. The number of aliphatic carboxylic acids is 2. The van der Waals surface area contributed by atoms with Crippen molar-refractivity contribution < 1.29 is 91.7 Å². The fourth-order valence-electron chi connectivity index (χ4n) is 11.9. The van der Waals surface area contributed by atoms with Crippen molar-refractivity contribution in [1.29, 1.82) is 0 Å². The largest absolute Gasteiger partial charge is 0.481 e. The summed E-state index contributed by atoms with van der Waals surface area (Å²) in [5.74, 6) is -20.7. The van der Waals surface area contributed by atoms with Gasteiger partial charge >= 0.3 is 11.9 Å². The van der Waals surface area contributed by atoms with Gasteiger partial charge in [0.2, 0.25) is 88.6 Å². The lowest BCUT2D eigenvalue weighted by Crippen LogP contribution is -2.61. The van der Waals surface area contributed by atoms with Gasteiger partial charge in [-0.2, -0.15) is 0 Å². The van der Waals surface area contributed by atoms with Gasteiger partial charge in [-0.15, -0.1) is 0 Å². The lowest BCUT2D eigenvalue weighted by molar-refractivity contribution is -0.143. The number of primary amides is 1. The van der Waals surface area contributed by atoms with Gasteiger partial charge in [0.05, 0.1) is 25.6 Å². The molecule has 44 nitrogen and oxygen atoms in total. The van der Waals surface area contributed by atoms with Gasteiger partial charge in [-0.3, -0.25) is 96.5 Å². The number of hydrogen-bond acceptors (Lipinski definition) is 21. The van der Waals surface area contributed by atoms with Gasteiger partial charge in [0, 0.05) is 39.0 Å². The number of nitrogens with zero attached hydrogens (tertiary/aromatic N) is 4. The molecule has 1 aromatic rings. The number of carboxylic acids is 2. The highest BCUT2D eigenvalue weighted by Gasteiger charge is 2.42. The average molecular weight is 1670 g/mol. The van der Waals surface area contributed by atoms with Crippen LogP contribution in [0.3, 0.4) is 0 Å². The summed E-state index contributed by atoms with van der Waals surface area (Å²) >= 11 is 0. The number of guanidine groups is 3. The highest BCUT2D eigenvalue weighted by atomic mass is 16.4. The number of benzene rings is 1. The minimum Gasteiger partial charge on any atom is -0.481 e. The van der Waals surface area contributed by atoms with Crippen LogP contribution in [-0.2, 0) is 87.9 Å². The summed E-state index contributed by atoms with van der Waals surface area (Å²) in [6.07, 6.45) is -2.00. The van der Waals surface area contributed by atoms with Crippen molar-refractivity contribution in [2.45, 2.75) is 238 Å². The Balaban J connectivity index is 2.49. The first-order valence-corrected chi connectivity index (χ1v) is 39.2. The molecule has 1 fully saturated rings. The molecule has 15 amide bonds. The maximum atomic E-state index is 14.7.